The zero-order chi connectivity index (χ0) is 26.2. The molecule has 2 aromatic carbocycles. The van der Waals surface area contributed by atoms with Crippen molar-refractivity contribution in [2.45, 2.75) is 46.6 Å². The lowest BCUT2D eigenvalue weighted by Crippen LogP contribution is -2.28. The van der Waals surface area contributed by atoms with Crippen molar-refractivity contribution in [3.05, 3.63) is 69.7 Å². The average molecular weight is 492 g/mol. The number of hydrogen-bond acceptors (Lipinski definition) is 6. The number of amides is 1. The third kappa shape index (κ3) is 4.65. The van der Waals surface area contributed by atoms with Crippen LogP contribution in [-0.4, -0.2) is 32.8 Å². The molecule has 7 nitrogen and oxygen atoms in total. The Morgan fingerprint density at radius 3 is 2.22 bits per heavy atom. The van der Waals surface area contributed by atoms with Gasteiger partial charge in [-0.1, -0.05) is 6.08 Å². The molecule has 0 aliphatic carbocycles. The van der Waals surface area contributed by atoms with Gasteiger partial charge in [0, 0.05) is 24.1 Å². The van der Waals surface area contributed by atoms with Gasteiger partial charge >= 0.3 is 0 Å². The van der Waals surface area contributed by atoms with Crippen LogP contribution < -0.4 is 24.3 Å². The number of ether oxygens (including phenoxy) is 4. The van der Waals surface area contributed by atoms with E-state index in [1.165, 1.54) is 19.8 Å². The number of carbonyl (C=O) groups is 1. The Morgan fingerprint density at radius 1 is 0.944 bits per heavy atom. The maximum Gasteiger partial charge on any atom is 0.291 e. The van der Waals surface area contributed by atoms with Crippen molar-refractivity contribution < 1.29 is 28.2 Å². The molecule has 0 unspecified atom stereocenters. The number of furan rings is 1. The maximum absolute atomic E-state index is 13.0. The molecule has 1 aromatic heterocycles. The Kier molecular flexibility index (Phi) is 6.76. The minimum atomic E-state index is -0.406. The van der Waals surface area contributed by atoms with Crippen LogP contribution in [0, 0.1) is 20.8 Å². The van der Waals surface area contributed by atoms with E-state index < -0.39 is 5.91 Å². The fourth-order valence-electron chi connectivity index (χ4n) is 4.46. The van der Waals surface area contributed by atoms with E-state index in [1.807, 2.05) is 6.07 Å². The molecule has 2 heterocycles. The highest BCUT2D eigenvalue weighted by Gasteiger charge is 2.27. The van der Waals surface area contributed by atoms with Gasteiger partial charge in [0.1, 0.15) is 40.0 Å². The monoisotopic (exact) mass is 491 g/mol. The predicted octanol–water partition coefficient (Wildman–Crippen LogP) is 6.26. The fourth-order valence-corrected chi connectivity index (χ4v) is 4.46. The van der Waals surface area contributed by atoms with Crippen molar-refractivity contribution >= 4 is 17.7 Å². The molecule has 0 spiro atoms. The van der Waals surface area contributed by atoms with Crippen molar-refractivity contribution in [1.29, 1.82) is 0 Å². The summed E-state index contributed by atoms with van der Waals surface area (Å²) in [7, 11) is 4.58. The number of benzene rings is 2. The standard InChI is InChI=1S/C29H33NO6/c1-16-17(2)27-21(11-12-29(4,5)36-27)18(3)22(16)13-19-9-10-23(35-19)28(31)30-26-24(33-7)14-20(32-6)15-25(26)34-8/h9-12,14-15H,13H2,1-8H3,(H,30,31). The summed E-state index contributed by atoms with van der Waals surface area (Å²) in [6.45, 7) is 10.4. The summed E-state index contributed by atoms with van der Waals surface area (Å²) in [4.78, 5) is 13.0. The average Bonchev–Trinajstić information content (AvgIpc) is 3.33. The fraction of sp³-hybridized carbons (Fsp3) is 0.345. The minimum absolute atomic E-state index is 0.194. The highest BCUT2D eigenvalue weighted by molar-refractivity contribution is 6.04. The Balaban J connectivity index is 1.60. The summed E-state index contributed by atoms with van der Waals surface area (Å²) in [5, 5.41) is 2.84. The topological polar surface area (TPSA) is 79.2 Å². The van der Waals surface area contributed by atoms with Gasteiger partial charge in [-0.05, 0) is 75.1 Å². The van der Waals surface area contributed by atoms with Crippen molar-refractivity contribution in [2.24, 2.45) is 0 Å². The van der Waals surface area contributed by atoms with E-state index in [9.17, 15) is 4.79 Å². The van der Waals surface area contributed by atoms with Gasteiger partial charge in [0.05, 0.1) is 21.3 Å². The Bertz CT molecular complexity index is 1320. The van der Waals surface area contributed by atoms with Crippen LogP contribution in [0.15, 0.2) is 34.8 Å². The lowest BCUT2D eigenvalue weighted by Gasteiger charge is -2.31. The zero-order valence-electron chi connectivity index (χ0n) is 22.1. The van der Waals surface area contributed by atoms with Crippen LogP contribution in [0.25, 0.3) is 6.08 Å². The molecule has 1 aliphatic rings. The molecule has 1 aliphatic heterocycles. The lowest BCUT2D eigenvalue weighted by atomic mass is 9.88. The summed E-state index contributed by atoms with van der Waals surface area (Å²) in [5.74, 6) is 2.80. The molecule has 3 aromatic rings. The number of nitrogens with one attached hydrogen (secondary N) is 1. The predicted molar refractivity (Wildman–Crippen MR) is 140 cm³/mol. The quantitative estimate of drug-likeness (QED) is 0.420. The number of fused-ring (bicyclic) bond motifs is 1. The molecular weight excluding hydrogens is 458 g/mol. The van der Waals surface area contributed by atoms with Gasteiger partial charge in [-0.25, -0.2) is 0 Å². The summed E-state index contributed by atoms with van der Waals surface area (Å²) in [6.07, 6.45) is 4.78. The summed E-state index contributed by atoms with van der Waals surface area (Å²) in [6, 6.07) is 6.86. The van der Waals surface area contributed by atoms with Crippen molar-refractivity contribution in [3.63, 3.8) is 0 Å². The molecule has 0 fully saturated rings. The molecule has 1 N–H and O–H groups in total. The van der Waals surface area contributed by atoms with E-state index in [1.54, 1.807) is 25.3 Å². The molecule has 0 saturated carbocycles. The van der Waals surface area contributed by atoms with Crippen LogP contribution >= 0.6 is 0 Å². The summed E-state index contributed by atoms with van der Waals surface area (Å²) >= 11 is 0. The molecule has 0 radical (unpaired) electrons. The van der Waals surface area contributed by atoms with E-state index in [2.05, 4.69) is 52.1 Å². The highest BCUT2D eigenvalue weighted by Crippen LogP contribution is 2.41. The van der Waals surface area contributed by atoms with E-state index in [4.69, 9.17) is 23.4 Å². The van der Waals surface area contributed by atoms with Crippen LogP contribution in [0.2, 0.25) is 0 Å². The maximum atomic E-state index is 13.0. The Hall–Kier alpha value is -3.87. The molecule has 7 heteroatoms. The molecule has 0 bridgehead atoms. The van der Waals surface area contributed by atoms with Crippen LogP contribution in [0.3, 0.4) is 0 Å². The van der Waals surface area contributed by atoms with Gasteiger partial charge in [0.15, 0.2) is 5.76 Å². The van der Waals surface area contributed by atoms with E-state index in [-0.39, 0.29) is 11.4 Å². The second kappa shape index (κ2) is 9.64. The lowest BCUT2D eigenvalue weighted by molar-refractivity contribution is 0.0994. The van der Waals surface area contributed by atoms with Gasteiger partial charge in [-0.2, -0.15) is 0 Å². The molecule has 0 saturated heterocycles. The van der Waals surface area contributed by atoms with Crippen molar-refractivity contribution in [2.75, 3.05) is 26.6 Å². The van der Waals surface area contributed by atoms with Crippen molar-refractivity contribution in [3.8, 4) is 23.0 Å². The normalized spacial score (nSPS) is 13.6. The summed E-state index contributed by atoms with van der Waals surface area (Å²) < 4.78 is 28.4. The largest absolute Gasteiger partial charge is 0.496 e. The first kappa shape index (κ1) is 25.2. The second-order valence-electron chi connectivity index (χ2n) is 9.44. The summed E-state index contributed by atoms with van der Waals surface area (Å²) in [5.41, 5.74) is 5.75. The third-order valence-electron chi connectivity index (χ3n) is 6.66. The van der Waals surface area contributed by atoms with Gasteiger partial charge < -0.3 is 28.7 Å². The van der Waals surface area contributed by atoms with Crippen LogP contribution in [-0.2, 0) is 6.42 Å². The number of carbonyl (C=O) groups excluding carboxylic acids is 1. The van der Waals surface area contributed by atoms with Crippen LogP contribution in [0.1, 0.15) is 58.0 Å². The molecule has 36 heavy (non-hydrogen) atoms. The Labute approximate surface area is 212 Å². The minimum Gasteiger partial charge on any atom is -0.496 e. The van der Waals surface area contributed by atoms with Gasteiger partial charge in [-0.3, -0.25) is 4.79 Å². The van der Waals surface area contributed by atoms with Crippen LogP contribution in [0.4, 0.5) is 5.69 Å². The van der Waals surface area contributed by atoms with E-state index in [0.29, 0.717) is 35.1 Å². The van der Waals surface area contributed by atoms with Crippen molar-refractivity contribution in [1.82, 2.24) is 0 Å². The zero-order valence-corrected chi connectivity index (χ0v) is 22.1. The molecule has 190 valence electrons. The third-order valence-corrected chi connectivity index (χ3v) is 6.66. The smallest absolute Gasteiger partial charge is 0.291 e. The number of anilines is 1. The van der Waals surface area contributed by atoms with Gasteiger partial charge in [0.2, 0.25) is 0 Å². The highest BCUT2D eigenvalue weighted by atomic mass is 16.5. The first-order valence-electron chi connectivity index (χ1n) is 11.8. The van der Waals surface area contributed by atoms with E-state index in [0.717, 1.165) is 28.0 Å². The number of hydrogen-bond donors (Lipinski definition) is 1. The number of methoxy groups -OCH3 is 3. The van der Waals surface area contributed by atoms with E-state index >= 15 is 0 Å². The molecule has 0 atom stereocenters. The molecule has 4 rings (SSSR count). The van der Waals surface area contributed by atoms with Crippen LogP contribution in [0.5, 0.6) is 23.0 Å². The molecular formula is C29H33NO6. The first-order chi connectivity index (χ1) is 17.1. The number of rotatable bonds is 7. The van der Waals surface area contributed by atoms with Gasteiger partial charge in [-0.15, -0.1) is 0 Å². The van der Waals surface area contributed by atoms with Gasteiger partial charge in [0.25, 0.3) is 5.91 Å². The Morgan fingerprint density at radius 2 is 1.61 bits per heavy atom. The molecule has 1 amide bonds. The second-order valence-corrected chi connectivity index (χ2v) is 9.44. The first-order valence-corrected chi connectivity index (χ1v) is 11.8. The SMILES string of the molecule is COc1cc(OC)c(NC(=O)c2ccc(Cc3c(C)c(C)c4c(c3C)C=CC(C)(C)O4)o2)c(OC)c1.